The molecule has 1 aromatic carbocycles. The van der Waals surface area contributed by atoms with Crippen molar-refractivity contribution in [1.82, 2.24) is 5.16 Å². The third kappa shape index (κ3) is 1.38. The number of aromatic nitrogens is 1. The lowest BCUT2D eigenvalue weighted by molar-refractivity contribution is 0.422. The predicted molar refractivity (Wildman–Crippen MR) is 51.4 cm³/mol. The Morgan fingerprint density at radius 2 is 2.00 bits per heavy atom. The minimum atomic E-state index is 0.467. The molecular weight excluding hydrogens is 176 g/mol. The summed E-state index contributed by atoms with van der Waals surface area (Å²) in [6, 6.07) is 9.84. The first-order valence-electron chi connectivity index (χ1n) is 4.23. The molecule has 14 heavy (non-hydrogen) atoms. The van der Waals surface area contributed by atoms with Gasteiger partial charge in [0.05, 0.1) is 0 Å². The molecule has 0 radical (unpaired) electrons. The zero-order chi connectivity index (χ0) is 9.97. The Bertz CT molecular complexity index is 477. The quantitative estimate of drug-likeness (QED) is 0.684. The van der Waals surface area contributed by atoms with E-state index in [1.54, 1.807) is 0 Å². The van der Waals surface area contributed by atoms with Gasteiger partial charge in [-0.2, -0.15) is 5.26 Å². The van der Waals surface area contributed by atoms with Gasteiger partial charge in [-0.1, -0.05) is 35.0 Å². The standard InChI is InChI=1S/C11H8N2O/c1-8-2-4-9(5-3-8)11-10(6-12)7-14-13-11/h2-5,7H,1H3. The van der Waals surface area contributed by atoms with E-state index in [0.717, 1.165) is 5.56 Å². The van der Waals surface area contributed by atoms with Crippen LogP contribution in [0.2, 0.25) is 0 Å². The van der Waals surface area contributed by atoms with Crippen LogP contribution in [0.25, 0.3) is 11.3 Å². The third-order valence-corrected chi connectivity index (χ3v) is 2.02. The van der Waals surface area contributed by atoms with Crippen LogP contribution >= 0.6 is 0 Å². The summed E-state index contributed by atoms with van der Waals surface area (Å²) in [6.07, 6.45) is 1.36. The zero-order valence-corrected chi connectivity index (χ0v) is 7.69. The summed E-state index contributed by atoms with van der Waals surface area (Å²) >= 11 is 0. The molecule has 0 aliphatic rings. The summed E-state index contributed by atoms with van der Waals surface area (Å²) in [4.78, 5) is 0. The summed E-state index contributed by atoms with van der Waals surface area (Å²) in [5.41, 5.74) is 3.15. The second kappa shape index (κ2) is 3.35. The van der Waals surface area contributed by atoms with Crippen molar-refractivity contribution in [3.63, 3.8) is 0 Å². The minimum Gasteiger partial charge on any atom is -0.363 e. The van der Waals surface area contributed by atoms with Crippen molar-refractivity contribution in [1.29, 1.82) is 5.26 Å². The summed E-state index contributed by atoms with van der Waals surface area (Å²) < 4.78 is 4.75. The first-order valence-corrected chi connectivity index (χ1v) is 4.23. The Morgan fingerprint density at radius 3 is 2.64 bits per heavy atom. The van der Waals surface area contributed by atoms with E-state index in [9.17, 15) is 0 Å². The van der Waals surface area contributed by atoms with E-state index < -0.39 is 0 Å². The van der Waals surface area contributed by atoms with Crippen LogP contribution in [0.15, 0.2) is 35.1 Å². The number of rotatable bonds is 1. The van der Waals surface area contributed by atoms with Crippen LogP contribution in [0, 0.1) is 18.3 Å². The number of nitrogens with zero attached hydrogens (tertiary/aromatic N) is 2. The van der Waals surface area contributed by atoms with E-state index in [-0.39, 0.29) is 0 Å². The van der Waals surface area contributed by atoms with Gasteiger partial charge < -0.3 is 4.52 Å². The predicted octanol–water partition coefficient (Wildman–Crippen LogP) is 2.52. The van der Waals surface area contributed by atoms with Crippen LogP contribution in [0.5, 0.6) is 0 Å². The Kier molecular flexibility index (Phi) is 2.04. The molecule has 0 saturated heterocycles. The highest BCUT2D eigenvalue weighted by atomic mass is 16.5. The van der Waals surface area contributed by atoms with Crippen LogP contribution in [0.1, 0.15) is 11.1 Å². The van der Waals surface area contributed by atoms with E-state index >= 15 is 0 Å². The molecule has 3 nitrogen and oxygen atoms in total. The average molecular weight is 184 g/mol. The molecule has 0 atom stereocenters. The topological polar surface area (TPSA) is 49.8 Å². The van der Waals surface area contributed by atoms with E-state index in [1.807, 2.05) is 37.3 Å². The number of nitriles is 1. The maximum Gasteiger partial charge on any atom is 0.142 e. The molecule has 1 aromatic heterocycles. The molecule has 0 aliphatic heterocycles. The molecule has 0 bridgehead atoms. The molecule has 1 heterocycles. The van der Waals surface area contributed by atoms with Crippen molar-refractivity contribution in [2.75, 3.05) is 0 Å². The molecule has 0 unspecified atom stereocenters. The SMILES string of the molecule is Cc1ccc(-c2nocc2C#N)cc1. The average Bonchev–Trinajstić information content (AvgIpc) is 2.67. The lowest BCUT2D eigenvalue weighted by atomic mass is 10.1. The Labute approximate surface area is 81.6 Å². The molecule has 68 valence electrons. The fourth-order valence-corrected chi connectivity index (χ4v) is 1.24. The van der Waals surface area contributed by atoms with Crippen LogP contribution in [0.4, 0.5) is 0 Å². The van der Waals surface area contributed by atoms with E-state index in [1.165, 1.54) is 11.8 Å². The number of hydrogen-bond donors (Lipinski definition) is 0. The summed E-state index contributed by atoms with van der Waals surface area (Å²) in [5, 5.41) is 12.6. The van der Waals surface area contributed by atoms with Gasteiger partial charge in [-0.25, -0.2) is 0 Å². The van der Waals surface area contributed by atoms with Gasteiger partial charge in [0, 0.05) is 5.56 Å². The van der Waals surface area contributed by atoms with E-state index in [2.05, 4.69) is 5.16 Å². The maximum absolute atomic E-state index is 8.77. The number of aryl methyl sites for hydroxylation is 1. The van der Waals surface area contributed by atoms with Gasteiger partial charge in [0.15, 0.2) is 0 Å². The molecule has 0 amide bonds. The van der Waals surface area contributed by atoms with Gasteiger partial charge in [-0.05, 0) is 6.92 Å². The molecule has 3 heteroatoms. The Hall–Kier alpha value is -2.08. The van der Waals surface area contributed by atoms with E-state index in [0.29, 0.717) is 11.3 Å². The molecule has 0 fully saturated rings. The second-order valence-electron chi connectivity index (χ2n) is 3.05. The van der Waals surface area contributed by atoms with Crippen molar-refractivity contribution in [2.24, 2.45) is 0 Å². The van der Waals surface area contributed by atoms with Crippen LogP contribution in [0.3, 0.4) is 0 Å². The number of benzene rings is 1. The monoisotopic (exact) mass is 184 g/mol. The highest BCUT2D eigenvalue weighted by Gasteiger charge is 2.08. The first-order chi connectivity index (χ1) is 6.81. The van der Waals surface area contributed by atoms with Gasteiger partial charge in [-0.3, -0.25) is 0 Å². The van der Waals surface area contributed by atoms with Crippen LogP contribution < -0.4 is 0 Å². The molecule has 2 rings (SSSR count). The minimum absolute atomic E-state index is 0.467. The summed E-state index contributed by atoms with van der Waals surface area (Å²) in [5.74, 6) is 0. The van der Waals surface area contributed by atoms with Gasteiger partial charge in [0.1, 0.15) is 23.6 Å². The van der Waals surface area contributed by atoms with Gasteiger partial charge in [0.25, 0.3) is 0 Å². The summed E-state index contributed by atoms with van der Waals surface area (Å²) in [6.45, 7) is 2.01. The zero-order valence-electron chi connectivity index (χ0n) is 7.69. The van der Waals surface area contributed by atoms with Gasteiger partial charge in [0.2, 0.25) is 0 Å². The normalized spacial score (nSPS) is 9.71. The Morgan fingerprint density at radius 1 is 1.29 bits per heavy atom. The van der Waals surface area contributed by atoms with Crippen LogP contribution in [-0.2, 0) is 0 Å². The highest BCUT2D eigenvalue weighted by molar-refractivity contribution is 5.65. The molecule has 0 spiro atoms. The Balaban J connectivity index is 2.50. The van der Waals surface area contributed by atoms with Gasteiger partial charge in [-0.15, -0.1) is 0 Å². The molecule has 0 saturated carbocycles. The smallest absolute Gasteiger partial charge is 0.142 e. The van der Waals surface area contributed by atoms with E-state index in [4.69, 9.17) is 9.78 Å². The highest BCUT2D eigenvalue weighted by Crippen LogP contribution is 2.21. The van der Waals surface area contributed by atoms with Gasteiger partial charge >= 0.3 is 0 Å². The third-order valence-electron chi connectivity index (χ3n) is 2.02. The summed E-state index contributed by atoms with van der Waals surface area (Å²) in [7, 11) is 0. The molecular formula is C11H8N2O. The first kappa shape index (κ1) is 8.52. The van der Waals surface area contributed by atoms with Crippen molar-refractivity contribution in [3.05, 3.63) is 41.7 Å². The fraction of sp³-hybridized carbons (Fsp3) is 0.0909. The van der Waals surface area contributed by atoms with Crippen molar-refractivity contribution in [3.8, 4) is 17.3 Å². The molecule has 0 aliphatic carbocycles. The maximum atomic E-state index is 8.77. The lowest BCUT2D eigenvalue weighted by Gasteiger charge is -1.96. The number of hydrogen-bond acceptors (Lipinski definition) is 3. The largest absolute Gasteiger partial charge is 0.363 e. The van der Waals surface area contributed by atoms with Crippen molar-refractivity contribution in [2.45, 2.75) is 6.92 Å². The molecule has 0 N–H and O–H groups in total. The lowest BCUT2D eigenvalue weighted by Crippen LogP contribution is -1.81. The second-order valence-corrected chi connectivity index (χ2v) is 3.05. The fourth-order valence-electron chi connectivity index (χ4n) is 1.24. The van der Waals surface area contributed by atoms with Crippen LogP contribution in [-0.4, -0.2) is 5.16 Å². The molecule has 2 aromatic rings. The van der Waals surface area contributed by atoms with Crippen molar-refractivity contribution < 1.29 is 4.52 Å². The van der Waals surface area contributed by atoms with Crippen molar-refractivity contribution >= 4 is 0 Å².